The summed E-state index contributed by atoms with van der Waals surface area (Å²) in [7, 11) is 0. The topological polar surface area (TPSA) is 38.2 Å². The van der Waals surface area contributed by atoms with Crippen LogP contribution >= 0.6 is 0 Å². The molecule has 1 aliphatic rings. The van der Waals surface area contributed by atoms with Crippen molar-refractivity contribution < 1.29 is 4.74 Å². The molecule has 2 aromatic carbocycles. The van der Waals surface area contributed by atoms with Crippen LogP contribution in [0.15, 0.2) is 79.3 Å². The number of piperidine rings is 1. The average Bonchev–Trinajstić information content (AvgIpc) is 2.78. The lowest BCUT2D eigenvalue weighted by Gasteiger charge is -2.37. The van der Waals surface area contributed by atoms with Gasteiger partial charge in [0.1, 0.15) is 12.3 Å². The quantitative estimate of drug-likeness (QED) is 0.605. The molecule has 3 aromatic rings. The van der Waals surface area contributed by atoms with Crippen molar-refractivity contribution in [3.63, 3.8) is 0 Å². The number of likely N-dealkylation sites (tertiary alicyclic amines) is 1. The van der Waals surface area contributed by atoms with E-state index in [1.54, 1.807) is 12.4 Å². The Balaban J connectivity index is 1.50. The van der Waals surface area contributed by atoms with Gasteiger partial charge >= 0.3 is 0 Å². The van der Waals surface area contributed by atoms with Crippen LogP contribution in [-0.2, 0) is 11.2 Å². The Labute approximate surface area is 167 Å². The highest BCUT2D eigenvalue weighted by Crippen LogP contribution is 2.31. The molecule has 0 amide bonds. The molecule has 0 bridgehead atoms. The first-order valence-electron chi connectivity index (χ1n) is 10.1. The summed E-state index contributed by atoms with van der Waals surface area (Å²) in [5, 5.41) is 0. The summed E-state index contributed by atoms with van der Waals surface area (Å²) in [5.74, 6) is 0. The molecule has 0 radical (unpaired) electrons. The number of aromatic nitrogens is 2. The Hall–Kier alpha value is -2.56. The van der Waals surface area contributed by atoms with E-state index >= 15 is 0 Å². The van der Waals surface area contributed by atoms with Gasteiger partial charge in [-0.05, 0) is 30.4 Å². The zero-order valence-corrected chi connectivity index (χ0v) is 16.2. The zero-order valence-electron chi connectivity index (χ0n) is 16.2. The predicted octanol–water partition coefficient (Wildman–Crippen LogP) is 4.64. The maximum atomic E-state index is 6.75. The second-order valence-corrected chi connectivity index (χ2v) is 7.27. The molecule has 4 heteroatoms. The number of benzene rings is 2. The largest absolute Gasteiger partial charge is 0.350 e. The first kappa shape index (κ1) is 18.8. The van der Waals surface area contributed by atoms with E-state index in [4.69, 9.17) is 4.74 Å². The predicted molar refractivity (Wildman–Crippen MR) is 111 cm³/mol. The van der Waals surface area contributed by atoms with E-state index < -0.39 is 0 Å². The number of hydrogen-bond donors (Lipinski definition) is 0. The lowest BCUT2D eigenvalue weighted by atomic mass is 10.0. The van der Waals surface area contributed by atoms with E-state index in [0.29, 0.717) is 0 Å². The van der Waals surface area contributed by atoms with E-state index in [1.165, 1.54) is 24.0 Å². The molecule has 0 aliphatic carbocycles. The lowest BCUT2D eigenvalue weighted by Crippen LogP contribution is -2.43. The van der Waals surface area contributed by atoms with Gasteiger partial charge in [0.05, 0.1) is 5.69 Å². The summed E-state index contributed by atoms with van der Waals surface area (Å²) in [4.78, 5) is 11.1. The molecule has 0 N–H and O–H groups in total. The summed E-state index contributed by atoms with van der Waals surface area (Å²) < 4.78 is 6.75. The SMILES string of the molecule is c1ccc(C(OC2CCCCN2CCc2cnccn2)c2ccccc2)cc1. The van der Waals surface area contributed by atoms with Crippen LogP contribution in [0.25, 0.3) is 0 Å². The maximum absolute atomic E-state index is 6.75. The van der Waals surface area contributed by atoms with Gasteiger partial charge in [-0.25, -0.2) is 0 Å². The van der Waals surface area contributed by atoms with Crippen molar-refractivity contribution >= 4 is 0 Å². The van der Waals surface area contributed by atoms with Crippen LogP contribution in [0.2, 0.25) is 0 Å². The molecule has 1 saturated heterocycles. The van der Waals surface area contributed by atoms with Gasteiger partial charge in [-0.1, -0.05) is 60.7 Å². The van der Waals surface area contributed by atoms with Crippen molar-refractivity contribution in [2.45, 2.75) is 38.0 Å². The molecule has 1 unspecified atom stereocenters. The van der Waals surface area contributed by atoms with Crippen molar-refractivity contribution in [3.05, 3.63) is 96.1 Å². The smallest absolute Gasteiger partial charge is 0.111 e. The minimum Gasteiger partial charge on any atom is -0.350 e. The molecule has 144 valence electrons. The maximum Gasteiger partial charge on any atom is 0.111 e. The Morgan fingerprint density at radius 1 is 0.929 bits per heavy atom. The van der Waals surface area contributed by atoms with E-state index in [0.717, 1.165) is 31.6 Å². The van der Waals surface area contributed by atoms with Crippen molar-refractivity contribution in [3.8, 4) is 0 Å². The van der Waals surface area contributed by atoms with Gasteiger partial charge in [-0.3, -0.25) is 14.9 Å². The van der Waals surface area contributed by atoms with Crippen LogP contribution in [0.5, 0.6) is 0 Å². The molecular formula is C24H27N3O. The molecule has 1 atom stereocenters. The van der Waals surface area contributed by atoms with Crippen molar-refractivity contribution in [2.75, 3.05) is 13.1 Å². The van der Waals surface area contributed by atoms with Gasteiger partial charge in [0.2, 0.25) is 0 Å². The standard InChI is InChI=1S/C24H27N3O/c1-3-9-20(10-4-1)24(21-11-5-2-6-12-21)28-23-13-7-8-17-27(23)18-14-22-19-25-15-16-26-22/h1-6,9-12,15-16,19,23-24H,7-8,13-14,17-18H2. The fraction of sp³-hybridized carbons (Fsp3) is 0.333. The highest BCUT2D eigenvalue weighted by atomic mass is 16.5. The first-order valence-corrected chi connectivity index (χ1v) is 10.1. The fourth-order valence-electron chi connectivity index (χ4n) is 3.85. The Morgan fingerprint density at radius 3 is 2.29 bits per heavy atom. The van der Waals surface area contributed by atoms with Crippen molar-refractivity contribution in [1.82, 2.24) is 14.9 Å². The average molecular weight is 374 g/mol. The summed E-state index contributed by atoms with van der Waals surface area (Å²) in [5.41, 5.74) is 3.44. The third-order valence-electron chi connectivity index (χ3n) is 5.32. The van der Waals surface area contributed by atoms with Crippen molar-refractivity contribution in [1.29, 1.82) is 0 Å². The fourth-order valence-corrected chi connectivity index (χ4v) is 3.85. The number of rotatable bonds is 7. The summed E-state index contributed by atoms with van der Waals surface area (Å²) >= 11 is 0. The molecule has 0 saturated carbocycles. The number of nitrogens with zero attached hydrogens (tertiary/aromatic N) is 3. The van der Waals surface area contributed by atoms with E-state index in [9.17, 15) is 0 Å². The summed E-state index contributed by atoms with van der Waals surface area (Å²) in [6.07, 6.45) is 9.81. The van der Waals surface area contributed by atoms with Crippen LogP contribution in [0.3, 0.4) is 0 Å². The van der Waals surface area contributed by atoms with Crippen LogP contribution in [0, 0.1) is 0 Å². The van der Waals surface area contributed by atoms with Crippen LogP contribution < -0.4 is 0 Å². The molecule has 0 spiro atoms. The van der Waals surface area contributed by atoms with E-state index in [-0.39, 0.29) is 12.3 Å². The van der Waals surface area contributed by atoms with Gasteiger partial charge in [0.15, 0.2) is 0 Å². The third-order valence-corrected chi connectivity index (χ3v) is 5.32. The highest BCUT2D eigenvalue weighted by molar-refractivity contribution is 5.30. The molecule has 4 rings (SSSR count). The first-order chi connectivity index (χ1) is 13.9. The van der Waals surface area contributed by atoms with Crippen LogP contribution in [0.1, 0.15) is 42.2 Å². The van der Waals surface area contributed by atoms with Gasteiger partial charge in [0.25, 0.3) is 0 Å². The normalized spacial score (nSPS) is 17.7. The Bertz CT molecular complexity index is 787. The second-order valence-electron chi connectivity index (χ2n) is 7.27. The molecule has 1 aliphatic heterocycles. The van der Waals surface area contributed by atoms with Crippen LogP contribution in [0.4, 0.5) is 0 Å². The summed E-state index contributed by atoms with van der Waals surface area (Å²) in [6.45, 7) is 2.01. The number of hydrogen-bond acceptors (Lipinski definition) is 4. The van der Waals surface area contributed by atoms with Crippen molar-refractivity contribution in [2.24, 2.45) is 0 Å². The highest BCUT2D eigenvalue weighted by Gasteiger charge is 2.27. The minimum atomic E-state index is -0.0514. The van der Waals surface area contributed by atoms with Gasteiger partial charge in [-0.15, -0.1) is 0 Å². The Morgan fingerprint density at radius 2 is 1.64 bits per heavy atom. The molecule has 1 aromatic heterocycles. The van der Waals surface area contributed by atoms with Gasteiger partial charge in [0, 0.05) is 38.1 Å². The van der Waals surface area contributed by atoms with E-state index in [2.05, 4.69) is 75.5 Å². The second kappa shape index (κ2) is 9.58. The third kappa shape index (κ3) is 4.83. The van der Waals surface area contributed by atoms with Gasteiger partial charge < -0.3 is 4.74 Å². The van der Waals surface area contributed by atoms with Crippen LogP contribution in [-0.4, -0.2) is 34.2 Å². The molecule has 2 heterocycles. The zero-order chi connectivity index (χ0) is 19.0. The molecular weight excluding hydrogens is 346 g/mol. The van der Waals surface area contributed by atoms with E-state index in [1.807, 2.05) is 6.20 Å². The summed E-state index contributed by atoms with van der Waals surface area (Å²) in [6, 6.07) is 21.1. The monoisotopic (exact) mass is 373 g/mol. The molecule has 4 nitrogen and oxygen atoms in total. The minimum absolute atomic E-state index is 0.0514. The van der Waals surface area contributed by atoms with Gasteiger partial charge in [-0.2, -0.15) is 0 Å². The molecule has 28 heavy (non-hydrogen) atoms. The lowest BCUT2D eigenvalue weighted by molar-refractivity contribution is -0.105. The Kier molecular flexibility index (Phi) is 6.43. The molecule has 1 fully saturated rings. The number of ether oxygens (including phenoxy) is 1.